The number of nitrogens with zero attached hydrogens (tertiary/aromatic N) is 3. The monoisotopic (exact) mass is 332 g/mol. The minimum atomic E-state index is -0.677. The molecule has 0 unspecified atom stereocenters. The smallest absolute Gasteiger partial charge is 0.312 e. The summed E-state index contributed by atoms with van der Waals surface area (Å²) >= 11 is 0. The Morgan fingerprint density at radius 2 is 2.00 bits per heavy atom. The SMILES string of the molecule is CCOc1ccc(NC(=O)[C@H](C)n2nc(C)c([N+](=O)[O-])c2C)cc1. The van der Waals surface area contributed by atoms with Crippen molar-refractivity contribution in [2.24, 2.45) is 0 Å². The maximum Gasteiger partial charge on any atom is 0.312 e. The molecular weight excluding hydrogens is 312 g/mol. The maximum atomic E-state index is 12.4. The van der Waals surface area contributed by atoms with Crippen molar-refractivity contribution in [1.29, 1.82) is 0 Å². The van der Waals surface area contributed by atoms with Crippen molar-refractivity contribution >= 4 is 17.3 Å². The predicted molar refractivity (Wildman–Crippen MR) is 89.3 cm³/mol. The molecule has 1 amide bonds. The number of carbonyl (C=O) groups is 1. The van der Waals surface area contributed by atoms with Crippen LogP contribution in [0.3, 0.4) is 0 Å². The molecule has 0 radical (unpaired) electrons. The number of anilines is 1. The number of ether oxygens (including phenoxy) is 1. The quantitative estimate of drug-likeness (QED) is 0.647. The van der Waals surface area contributed by atoms with Crippen LogP contribution in [0.2, 0.25) is 0 Å². The zero-order valence-corrected chi connectivity index (χ0v) is 14.1. The van der Waals surface area contributed by atoms with Crippen LogP contribution in [-0.2, 0) is 4.79 Å². The third-order valence-corrected chi connectivity index (χ3v) is 3.65. The van der Waals surface area contributed by atoms with Gasteiger partial charge in [-0.1, -0.05) is 0 Å². The molecule has 1 aromatic heterocycles. The van der Waals surface area contributed by atoms with E-state index in [1.165, 1.54) is 4.68 Å². The third-order valence-electron chi connectivity index (χ3n) is 3.65. The summed E-state index contributed by atoms with van der Waals surface area (Å²) in [6.45, 7) is 7.25. The summed E-state index contributed by atoms with van der Waals surface area (Å²) in [5.41, 5.74) is 1.20. The Balaban J connectivity index is 2.15. The van der Waals surface area contributed by atoms with Gasteiger partial charge < -0.3 is 10.1 Å². The van der Waals surface area contributed by atoms with Gasteiger partial charge in [-0.2, -0.15) is 5.10 Å². The lowest BCUT2D eigenvalue weighted by Crippen LogP contribution is -2.25. The highest BCUT2D eigenvalue weighted by atomic mass is 16.6. The Kier molecular flexibility index (Phi) is 5.18. The number of carbonyl (C=O) groups excluding carboxylic acids is 1. The molecule has 1 aromatic carbocycles. The van der Waals surface area contributed by atoms with Crippen molar-refractivity contribution in [3.8, 4) is 5.75 Å². The second kappa shape index (κ2) is 7.12. The highest BCUT2D eigenvalue weighted by molar-refractivity contribution is 5.93. The first-order valence-corrected chi connectivity index (χ1v) is 7.59. The Hall–Kier alpha value is -2.90. The Bertz CT molecular complexity index is 752. The minimum Gasteiger partial charge on any atom is -0.494 e. The van der Waals surface area contributed by atoms with Crippen LogP contribution in [-0.4, -0.2) is 27.2 Å². The van der Waals surface area contributed by atoms with E-state index in [2.05, 4.69) is 10.4 Å². The molecule has 24 heavy (non-hydrogen) atoms. The molecule has 0 aliphatic carbocycles. The first-order chi connectivity index (χ1) is 11.3. The van der Waals surface area contributed by atoms with E-state index >= 15 is 0 Å². The van der Waals surface area contributed by atoms with E-state index in [0.29, 0.717) is 23.7 Å². The Morgan fingerprint density at radius 3 is 2.50 bits per heavy atom. The van der Waals surface area contributed by atoms with Crippen molar-refractivity contribution in [2.75, 3.05) is 11.9 Å². The fourth-order valence-corrected chi connectivity index (χ4v) is 2.45. The van der Waals surface area contributed by atoms with Crippen molar-refractivity contribution < 1.29 is 14.5 Å². The number of amides is 1. The van der Waals surface area contributed by atoms with E-state index in [1.54, 1.807) is 45.0 Å². The van der Waals surface area contributed by atoms with Crippen molar-refractivity contribution in [1.82, 2.24) is 9.78 Å². The number of nitro groups is 1. The van der Waals surface area contributed by atoms with E-state index in [4.69, 9.17) is 4.74 Å². The first-order valence-electron chi connectivity index (χ1n) is 7.59. The van der Waals surface area contributed by atoms with Gasteiger partial charge in [-0.05, 0) is 52.0 Å². The molecule has 1 N–H and O–H groups in total. The standard InChI is InChI=1S/C16H20N4O4/c1-5-24-14-8-6-13(7-9-14)17-16(21)12(4)19-11(3)15(20(22)23)10(2)18-19/h6-9,12H,5H2,1-4H3,(H,17,21)/t12-/m0/s1. The number of aromatic nitrogens is 2. The lowest BCUT2D eigenvalue weighted by molar-refractivity contribution is -0.386. The van der Waals surface area contributed by atoms with Crippen LogP contribution in [0.25, 0.3) is 0 Å². The van der Waals surface area contributed by atoms with Crippen LogP contribution in [0, 0.1) is 24.0 Å². The van der Waals surface area contributed by atoms with Crippen LogP contribution < -0.4 is 10.1 Å². The van der Waals surface area contributed by atoms with Gasteiger partial charge in [0.1, 0.15) is 23.2 Å². The Labute approximate surface area is 139 Å². The first kappa shape index (κ1) is 17.5. The average molecular weight is 332 g/mol. The van der Waals surface area contributed by atoms with E-state index in [1.807, 2.05) is 6.92 Å². The van der Waals surface area contributed by atoms with E-state index < -0.39 is 11.0 Å². The summed E-state index contributed by atoms with van der Waals surface area (Å²) in [5, 5.41) is 18.0. The second-order valence-electron chi connectivity index (χ2n) is 5.34. The largest absolute Gasteiger partial charge is 0.494 e. The van der Waals surface area contributed by atoms with Gasteiger partial charge in [0.2, 0.25) is 5.91 Å². The highest BCUT2D eigenvalue weighted by Gasteiger charge is 2.27. The summed E-state index contributed by atoms with van der Waals surface area (Å²) in [6, 6.07) is 6.32. The van der Waals surface area contributed by atoms with Crippen molar-refractivity contribution in [3.05, 3.63) is 45.8 Å². The molecule has 8 nitrogen and oxygen atoms in total. The van der Waals surface area contributed by atoms with Crippen molar-refractivity contribution in [2.45, 2.75) is 33.7 Å². The Morgan fingerprint density at radius 1 is 1.38 bits per heavy atom. The zero-order chi connectivity index (χ0) is 17.9. The van der Waals surface area contributed by atoms with Gasteiger partial charge in [0.05, 0.1) is 11.5 Å². The topological polar surface area (TPSA) is 99.3 Å². The number of hydrogen-bond acceptors (Lipinski definition) is 5. The molecule has 2 rings (SSSR count). The predicted octanol–water partition coefficient (Wildman–Crippen LogP) is 3.01. The average Bonchev–Trinajstić information content (AvgIpc) is 2.83. The highest BCUT2D eigenvalue weighted by Crippen LogP contribution is 2.25. The number of benzene rings is 1. The molecule has 0 spiro atoms. The molecule has 0 saturated heterocycles. The molecule has 0 saturated carbocycles. The summed E-state index contributed by atoms with van der Waals surface area (Å²) in [7, 11) is 0. The van der Waals surface area contributed by atoms with Gasteiger partial charge in [0.25, 0.3) is 0 Å². The van der Waals surface area contributed by atoms with Crippen LogP contribution in [0.4, 0.5) is 11.4 Å². The van der Waals surface area contributed by atoms with Gasteiger partial charge in [0.15, 0.2) is 0 Å². The number of rotatable bonds is 6. The van der Waals surface area contributed by atoms with Crippen LogP contribution in [0.15, 0.2) is 24.3 Å². The summed E-state index contributed by atoms with van der Waals surface area (Å²) in [5.74, 6) is 0.414. The molecule has 1 heterocycles. The minimum absolute atomic E-state index is 0.0595. The summed E-state index contributed by atoms with van der Waals surface area (Å²) in [6.07, 6.45) is 0. The molecular formula is C16H20N4O4. The molecule has 8 heteroatoms. The van der Waals surface area contributed by atoms with Gasteiger partial charge in [-0.15, -0.1) is 0 Å². The summed E-state index contributed by atoms with van der Waals surface area (Å²) < 4.78 is 6.72. The normalized spacial score (nSPS) is 11.8. The van der Waals surface area contributed by atoms with E-state index in [-0.39, 0.29) is 11.6 Å². The summed E-state index contributed by atoms with van der Waals surface area (Å²) in [4.78, 5) is 23.0. The van der Waals surface area contributed by atoms with Gasteiger partial charge in [0, 0.05) is 5.69 Å². The fraction of sp³-hybridized carbons (Fsp3) is 0.375. The molecule has 0 fully saturated rings. The zero-order valence-electron chi connectivity index (χ0n) is 14.1. The fourth-order valence-electron chi connectivity index (χ4n) is 2.45. The van der Waals surface area contributed by atoms with Crippen LogP contribution in [0.5, 0.6) is 5.75 Å². The molecule has 0 bridgehead atoms. The number of nitrogens with one attached hydrogen (secondary N) is 1. The maximum absolute atomic E-state index is 12.4. The van der Waals surface area contributed by atoms with E-state index in [9.17, 15) is 14.9 Å². The van der Waals surface area contributed by atoms with E-state index in [0.717, 1.165) is 5.75 Å². The van der Waals surface area contributed by atoms with Crippen molar-refractivity contribution in [3.63, 3.8) is 0 Å². The van der Waals surface area contributed by atoms with Crippen LogP contribution in [0.1, 0.15) is 31.3 Å². The van der Waals surface area contributed by atoms with Crippen LogP contribution >= 0.6 is 0 Å². The number of hydrogen-bond donors (Lipinski definition) is 1. The van der Waals surface area contributed by atoms with Gasteiger partial charge >= 0.3 is 5.69 Å². The molecule has 1 atom stereocenters. The molecule has 128 valence electrons. The second-order valence-corrected chi connectivity index (χ2v) is 5.34. The lowest BCUT2D eigenvalue weighted by atomic mass is 10.2. The molecule has 2 aromatic rings. The van der Waals surface area contributed by atoms with Gasteiger partial charge in [-0.3, -0.25) is 19.6 Å². The van der Waals surface area contributed by atoms with Gasteiger partial charge in [-0.25, -0.2) is 0 Å². The molecule has 0 aliphatic heterocycles. The molecule has 0 aliphatic rings. The third kappa shape index (κ3) is 3.53. The number of aryl methyl sites for hydroxylation is 1. The lowest BCUT2D eigenvalue weighted by Gasteiger charge is -2.14.